The Morgan fingerprint density at radius 2 is 1.95 bits per heavy atom. The number of halogens is 1. The van der Waals surface area contributed by atoms with E-state index in [4.69, 9.17) is 11.6 Å². The van der Waals surface area contributed by atoms with Crippen molar-refractivity contribution in [2.24, 2.45) is 0 Å². The van der Waals surface area contributed by atoms with Crippen molar-refractivity contribution in [3.63, 3.8) is 0 Å². The predicted molar refractivity (Wildman–Crippen MR) is 76.4 cm³/mol. The van der Waals surface area contributed by atoms with Crippen LogP contribution in [0.25, 0.3) is 0 Å². The highest BCUT2D eigenvalue weighted by Gasteiger charge is 2.31. The second kappa shape index (κ2) is 5.29. The molecule has 0 saturated carbocycles. The lowest BCUT2D eigenvalue weighted by Crippen LogP contribution is -2.46. The molecule has 1 amide bonds. The molecular weight excluding hydrogens is 276 g/mol. The molecule has 3 rings (SSSR count). The van der Waals surface area contributed by atoms with Crippen LogP contribution in [0.1, 0.15) is 29.6 Å². The third-order valence-electron chi connectivity index (χ3n) is 3.68. The van der Waals surface area contributed by atoms with Crippen LogP contribution in [0.5, 0.6) is 0 Å². The average Bonchev–Trinajstić information content (AvgIpc) is 2.48. The number of hydrogen-bond donors (Lipinski definition) is 1. The van der Waals surface area contributed by atoms with Crippen LogP contribution in [0.4, 0.5) is 0 Å². The normalized spacial score (nSPS) is 18.6. The van der Waals surface area contributed by atoms with Gasteiger partial charge < -0.3 is 5.32 Å². The summed E-state index contributed by atoms with van der Waals surface area (Å²) in [6.07, 6.45) is 1.82. The molecule has 2 aliphatic rings. The van der Waals surface area contributed by atoms with Gasteiger partial charge in [-0.2, -0.15) is 0 Å². The van der Waals surface area contributed by atoms with E-state index in [9.17, 15) is 9.59 Å². The van der Waals surface area contributed by atoms with Gasteiger partial charge in [-0.25, -0.2) is 0 Å². The smallest absolute Gasteiger partial charge is 0.228 e. The fourth-order valence-electron chi connectivity index (χ4n) is 2.65. The molecule has 0 aromatic heterocycles. The molecular formula is C15H15ClN2O2. The van der Waals surface area contributed by atoms with Gasteiger partial charge in [0.15, 0.2) is 5.78 Å². The molecule has 0 atom stereocenters. The lowest BCUT2D eigenvalue weighted by Gasteiger charge is -2.35. The van der Waals surface area contributed by atoms with Crippen molar-refractivity contribution in [2.45, 2.75) is 19.3 Å². The van der Waals surface area contributed by atoms with E-state index in [1.165, 1.54) is 0 Å². The Kier molecular flexibility index (Phi) is 3.49. The molecule has 20 heavy (non-hydrogen) atoms. The number of hydrogen-bond acceptors (Lipinski definition) is 3. The van der Waals surface area contributed by atoms with Crippen molar-refractivity contribution in [1.29, 1.82) is 0 Å². The van der Waals surface area contributed by atoms with E-state index < -0.39 is 0 Å². The largest absolute Gasteiger partial charge is 0.371 e. The summed E-state index contributed by atoms with van der Waals surface area (Å²) in [7, 11) is 0. The first kappa shape index (κ1) is 13.2. The fourth-order valence-corrected chi connectivity index (χ4v) is 2.78. The third kappa shape index (κ3) is 2.31. The summed E-state index contributed by atoms with van der Waals surface area (Å²) in [5.41, 5.74) is 1.31. The van der Waals surface area contributed by atoms with Gasteiger partial charge in [0.2, 0.25) is 5.91 Å². The molecule has 2 aliphatic heterocycles. The van der Waals surface area contributed by atoms with Crippen LogP contribution in [0.15, 0.2) is 35.7 Å². The second-order valence-corrected chi connectivity index (χ2v) is 5.43. The van der Waals surface area contributed by atoms with Crippen molar-refractivity contribution < 1.29 is 9.59 Å². The highest BCUT2D eigenvalue weighted by atomic mass is 35.5. The number of carbonyl (C=O) groups excluding carboxylic acids is 2. The highest BCUT2D eigenvalue weighted by molar-refractivity contribution is 6.30. The van der Waals surface area contributed by atoms with E-state index >= 15 is 0 Å². The third-order valence-corrected chi connectivity index (χ3v) is 3.93. The summed E-state index contributed by atoms with van der Waals surface area (Å²) in [6, 6.07) is 6.86. The number of nitrogens with zero attached hydrogens (tertiary/aromatic N) is 1. The van der Waals surface area contributed by atoms with Crippen LogP contribution >= 0.6 is 11.6 Å². The predicted octanol–water partition coefficient (Wildman–Crippen LogP) is 2.35. The summed E-state index contributed by atoms with van der Waals surface area (Å²) >= 11 is 5.84. The van der Waals surface area contributed by atoms with Gasteiger partial charge in [-0.05, 0) is 37.1 Å². The van der Waals surface area contributed by atoms with Crippen molar-refractivity contribution >= 4 is 23.3 Å². The lowest BCUT2D eigenvalue weighted by molar-refractivity contribution is -0.130. The maximum Gasteiger partial charge on any atom is 0.228 e. The zero-order valence-corrected chi connectivity index (χ0v) is 11.7. The molecule has 1 saturated heterocycles. The minimum Gasteiger partial charge on any atom is -0.371 e. The number of ketones is 1. The average molecular weight is 291 g/mol. The van der Waals surface area contributed by atoms with E-state index in [2.05, 4.69) is 5.32 Å². The zero-order valence-electron chi connectivity index (χ0n) is 11.0. The SMILES string of the molecule is O=C(C1=C2NCCCN2C(=O)CC1)c1ccc(Cl)cc1. The summed E-state index contributed by atoms with van der Waals surface area (Å²) in [6.45, 7) is 1.50. The first-order valence-corrected chi connectivity index (χ1v) is 7.12. The van der Waals surface area contributed by atoms with E-state index in [0.29, 0.717) is 41.4 Å². The summed E-state index contributed by atoms with van der Waals surface area (Å²) in [5.74, 6) is 0.774. The van der Waals surface area contributed by atoms with Gasteiger partial charge in [0.1, 0.15) is 5.82 Å². The Morgan fingerprint density at radius 1 is 1.20 bits per heavy atom. The van der Waals surface area contributed by atoms with Gasteiger partial charge in [-0.3, -0.25) is 14.5 Å². The fraction of sp³-hybridized carbons (Fsp3) is 0.333. The topological polar surface area (TPSA) is 49.4 Å². The number of nitrogens with one attached hydrogen (secondary N) is 1. The van der Waals surface area contributed by atoms with Crippen LogP contribution in [-0.2, 0) is 4.79 Å². The monoisotopic (exact) mass is 290 g/mol. The van der Waals surface area contributed by atoms with Gasteiger partial charge in [-0.15, -0.1) is 0 Å². The van der Waals surface area contributed by atoms with Gasteiger partial charge in [0.25, 0.3) is 0 Å². The van der Waals surface area contributed by atoms with E-state index in [-0.39, 0.29) is 11.7 Å². The molecule has 0 radical (unpaired) electrons. The molecule has 0 aliphatic carbocycles. The summed E-state index contributed by atoms with van der Waals surface area (Å²) < 4.78 is 0. The Morgan fingerprint density at radius 3 is 2.70 bits per heavy atom. The van der Waals surface area contributed by atoms with Crippen LogP contribution in [0.3, 0.4) is 0 Å². The Hall–Kier alpha value is -1.81. The standard InChI is InChI=1S/C15H15ClN2O2/c16-11-4-2-10(3-5-11)14(20)12-6-7-13(19)18-9-1-8-17-15(12)18/h2-5,17H,1,6-9H2. The second-order valence-electron chi connectivity index (χ2n) is 4.99. The number of carbonyl (C=O) groups is 2. The maximum atomic E-state index is 12.6. The Bertz CT molecular complexity index is 592. The van der Waals surface area contributed by atoms with Crippen molar-refractivity contribution in [1.82, 2.24) is 10.2 Å². The molecule has 0 unspecified atom stereocenters. The minimum atomic E-state index is -0.0245. The van der Waals surface area contributed by atoms with Crippen LogP contribution in [-0.4, -0.2) is 29.7 Å². The van der Waals surface area contributed by atoms with Gasteiger partial charge in [-0.1, -0.05) is 11.6 Å². The summed E-state index contributed by atoms with van der Waals surface area (Å²) in [4.78, 5) is 26.2. The molecule has 4 nitrogen and oxygen atoms in total. The molecule has 2 heterocycles. The van der Waals surface area contributed by atoms with Crippen LogP contribution < -0.4 is 5.32 Å². The van der Waals surface area contributed by atoms with Crippen molar-refractivity contribution in [2.75, 3.05) is 13.1 Å². The molecule has 5 heteroatoms. The molecule has 1 fully saturated rings. The quantitative estimate of drug-likeness (QED) is 0.851. The number of benzene rings is 1. The number of Topliss-reactive ketones (excluding diaryl/α,β-unsaturated/α-hetero) is 1. The van der Waals surface area contributed by atoms with Crippen LogP contribution in [0.2, 0.25) is 5.02 Å². The first-order valence-electron chi connectivity index (χ1n) is 6.74. The van der Waals surface area contributed by atoms with Crippen molar-refractivity contribution in [3.05, 3.63) is 46.2 Å². The van der Waals surface area contributed by atoms with Crippen LogP contribution in [0, 0.1) is 0 Å². The Balaban J connectivity index is 1.97. The molecule has 1 N–H and O–H groups in total. The van der Waals surface area contributed by atoms with E-state index in [0.717, 1.165) is 13.0 Å². The highest BCUT2D eigenvalue weighted by Crippen LogP contribution is 2.27. The number of allylic oxidation sites excluding steroid dienone is 1. The number of amides is 1. The van der Waals surface area contributed by atoms with Crippen molar-refractivity contribution in [3.8, 4) is 0 Å². The number of rotatable bonds is 2. The molecule has 104 valence electrons. The van der Waals surface area contributed by atoms with E-state index in [1.807, 2.05) is 0 Å². The number of fused-ring (bicyclic) bond motifs is 1. The Labute approximate surface area is 122 Å². The summed E-state index contributed by atoms with van der Waals surface area (Å²) in [5, 5.41) is 3.81. The van der Waals surface area contributed by atoms with E-state index in [1.54, 1.807) is 29.2 Å². The minimum absolute atomic E-state index is 0.0245. The van der Waals surface area contributed by atoms with Gasteiger partial charge >= 0.3 is 0 Å². The van der Waals surface area contributed by atoms with Gasteiger partial charge in [0, 0.05) is 35.7 Å². The molecule has 0 bridgehead atoms. The first-order chi connectivity index (χ1) is 9.66. The molecule has 1 aromatic carbocycles. The van der Waals surface area contributed by atoms with Gasteiger partial charge in [0.05, 0.1) is 0 Å². The molecule has 0 spiro atoms. The zero-order chi connectivity index (χ0) is 14.1. The maximum absolute atomic E-state index is 12.6. The lowest BCUT2D eigenvalue weighted by atomic mass is 9.95. The molecule has 1 aromatic rings.